The van der Waals surface area contributed by atoms with Crippen LogP contribution >= 0.6 is 0 Å². The number of fused-ring (bicyclic) bond motifs is 1. The molecule has 0 saturated carbocycles. The fourth-order valence-electron chi connectivity index (χ4n) is 3.91. The molecule has 2 aromatic rings. The number of amides is 3. The maximum absolute atomic E-state index is 12.2. The maximum atomic E-state index is 12.2. The highest BCUT2D eigenvalue weighted by Gasteiger charge is 2.18. The summed E-state index contributed by atoms with van der Waals surface area (Å²) in [6.07, 6.45) is 4.99. The van der Waals surface area contributed by atoms with Gasteiger partial charge in [0.15, 0.2) is 6.61 Å². The predicted molar refractivity (Wildman–Crippen MR) is 113 cm³/mol. The molecule has 1 saturated heterocycles. The minimum atomic E-state index is -0.416. The third kappa shape index (κ3) is 4.82. The van der Waals surface area contributed by atoms with E-state index in [2.05, 4.69) is 15.6 Å². The molecule has 8 nitrogen and oxygen atoms in total. The number of nitrogens with zero attached hydrogens (tertiary/aromatic N) is 1. The largest absolute Gasteiger partial charge is 0.484 e. The van der Waals surface area contributed by atoms with Gasteiger partial charge in [0.25, 0.3) is 11.5 Å². The van der Waals surface area contributed by atoms with Gasteiger partial charge < -0.3 is 25.3 Å². The number of H-pyrrole nitrogens is 1. The van der Waals surface area contributed by atoms with E-state index in [1.807, 2.05) is 6.07 Å². The van der Waals surface area contributed by atoms with E-state index < -0.39 is 6.03 Å². The van der Waals surface area contributed by atoms with Crippen LogP contribution in [0.4, 0.5) is 10.5 Å². The standard InChI is InChI=1S/C22H26N4O4/c27-20(26-9-1-2-10-26)14-30-18-7-4-6-17(12-18)24-22(29)23-13-16-11-15-5-3-8-19(15)25-21(16)28/h4,6-7,11-12H,1-3,5,8-10,13-14H2,(H,25,28)(H2,23,24,29). The van der Waals surface area contributed by atoms with Crippen molar-refractivity contribution in [3.05, 3.63) is 57.5 Å². The van der Waals surface area contributed by atoms with Gasteiger partial charge in [-0.3, -0.25) is 9.59 Å². The number of aromatic nitrogens is 1. The Morgan fingerprint density at radius 2 is 1.93 bits per heavy atom. The monoisotopic (exact) mass is 410 g/mol. The highest BCUT2D eigenvalue weighted by Crippen LogP contribution is 2.19. The lowest BCUT2D eigenvalue weighted by molar-refractivity contribution is -0.132. The number of likely N-dealkylation sites (tertiary alicyclic amines) is 1. The van der Waals surface area contributed by atoms with Crippen molar-refractivity contribution in [1.82, 2.24) is 15.2 Å². The minimum Gasteiger partial charge on any atom is -0.484 e. The highest BCUT2D eigenvalue weighted by molar-refractivity contribution is 5.89. The topological polar surface area (TPSA) is 104 Å². The quantitative estimate of drug-likeness (QED) is 0.679. The van der Waals surface area contributed by atoms with Gasteiger partial charge in [0.05, 0.1) is 0 Å². The van der Waals surface area contributed by atoms with E-state index in [4.69, 9.17) is 4.74 Å². The van der Waals surface area contributed by atoms with Crippen LogP contribution in [0.3, 0.4) is 0 Å². The highest BCUT2D eigenvalue weighted by atomic mass is 16.5. The third-order valence-electron chi connectivity index (χ3n) is 5.52. The van der Waals surface area contributed by atoms with Crippen LogP contribution in [0.2, 0.25) is 0 Å². The Labute approximate surface area is 174 Å². The molecule has 2 heterocycles. The van der Waals surface area contributed by atoms with Crippen molar-refractivity contribution in [3.63, 3.8) is 0 Å². The fraction of sp³-hybridized carbons (Fsp3) is 0.409. The lowest BCUT2D eigenvalue weighted by Gasteiger charge is -2.16. The van der Waals surface area contributed by atoms with Crippen molar-refractivity contribution in [1.29, 1.82) is 0 Å². The number of anilines is 1. The molecule has 1 aliphatic heterocycles. The number of hydrogen-bond acceptors (Lipinski definition) is 4. The Bertz CT molecular complexity index is 995. The second-order valence-corrected chi connectivity index (χ2v) is 7.69. The zero-order valence-electron chi connectivity index (χ0n) is 16.8. The summed E-state index contributed by atoms with van der Waals surface area (Å²) >= 11 is 0. The number of rotatable bonds is 6. The van der Waals surface area contributed by atoms with Gasteiger partial charge in [0, 0.05) is 42.6 Å². The smallest absolute Gasteiger partial charge is 0.319 e. The van der Waals surface area contributed by atoms with E-state index in [0.29, 0.717) is 17.0 Å². The van der Waals surface area contributed by atoms with E-state index in [9.17, 15) is 14.4 Å². The second kappa shape index (κ2) is 9.02. The molecule has 0 spiro atoms. The fourth-order valence-corrected chi connectivity index (χ4v) is 3.91. The molecule has 2 aliphatic rings. The van der Waals surface area contributed by atoms with Crippen LogP contribution < -0.4 is 20.9 Å². The molecule has 0 radical (unpaired) electrons. The van der Waals surface area contributed by atoms with Crippen molar-refractivity contribution in [3.8, 4) is 5.75 Å². The number of hydrogen-bond donors (Lipinski definition) is 3. The van der Waals surface area contributed by atoms with E-state index in [0.717, 1.165) is 56.5 Å². The van der Waals surface area contributed by atoms with Crippen molar-refractivity contribution in [2.45, 2.75) is 38.6 Å². The SMILES string of the molecule is O=C(NCc1cc2c([nH]c1=O)CCC2)Nc1cccc(OCC(=O)N2CCCC2)c1. The van der Waals surface area contributed by atoms with Crippen molar-refractivity contribution < 1.29 is 14.3 Å². The summed E-state index contributed by atoms with van der Waals surface area (Å²) in [5, 5.41) is 5.44. The summed E-state index contributed by atoms with van der Waals surface area (Å²) in [6.45, 7) is 1.71. The van der Waals surface area contributed by atoms with Gasteiger partial charge in [-0.1, -0.05) is 6.07 Å². The van der Waals surface area contributed by atoms with Crippen LogP contribution in [0.5, 0.6) is 5.75 Å². The third-order valence-corrected chi connectivity index (χ3v) is 5.52. The Morgan fingerprint density at radius 1 is 1.10 bits per heavy atom. The molecule has 0 unspecified atom stereocenters. The molecule has 158 valence electrons. The zero-order valence-corrected chi connectivity index (χ0v) is 16.8. The Balaban J connectivity index is 1.29. The molecule has 30 heavy (non-hydrogen) atoms. The number of aromatic amines is 1. The number of carbonyl (C=O) groups is 2. The van der Waals surface area contributed by atoms with Gasteiger partial charge in [-0.05, 0) is 55.9 Å². The van der Waals surface area contributed by atoms with Gasteiger partial charge >= 0.3 is 6.03 Å². The number of ether oxygens (including phenoxy) is 1. The Morgan fingerprint density at radius 3 is 2.77 bits per heavy atom. The Kier molecular flexibility index (Phi) is 6.02. The molecule has 1 aromatic heterocycles. The molecule has 3 N–H and O–H groups in total. The molecular weight excluding hydrogens is 384 g/mol. The second-order valence-electron chi connectivity index (χ2n) is 7.69. The van der Waals surface area contributed by atoms with Crippen molar-refractivity contribution in [2.75, 3.05) is 25.0 Å². The first-order chi connectivity index (χ1) is 14.6. The van der Waals surface area contributed by atoms with E-state index in [1.54, 1.807) is 29.2 Å². The lowest BCUT2D eigenvalue weighted by Crippen LogP contribution is -2.32. The Hall–Kier alpha value is -3.29. The number of pyridine rings is 1. The summed E-state index contributed by atoms with van der Waals surface area (Å²) in [5.74, 6) is 0.485. The number of nitrogens with one attached hydrogen (secondary N) is 3. The maximum Gasteiger partial charge on any atom is 0.319 e. The first kappa shape index (κ1) is 20.0. The van der Waals surface area contributed by atoms with Crippen LogP contribution in [-0.4, -0.2) is 41.5 Å². The lowest BCUT2D eigenvalue weighted by atomic mass is 10.1. The first-order valence-corrected chi connectivity index (χ1v) is 10.4. The van der Waals surface area contributed by atoms with E-state index >= 15 is 0 Å². The molecule has 1 aliphatic carbocycles. The van der Waals surface area contributed by atoms with E-state index in [1.165, 1.54) is 0 Å². The summed E-state index contributed by atoms with van der Waals surface area (Å²) in [5.41, 5.74) is 3.09. The molecule has 4 rings (SSSR count). The normalized spacial score (nSPS) is 15.0. The van der Waals surface area contributed by atoms with E-state index in [-0.39, 0.29) is 24.6 Å². The molecule has 8 heteroatoms. The molecule has 0 atom stereocenters. The van der Waals surface area contributed by atoms with Crippen molar-refractivity contribution >= 4 is 17.6 Å². The molecule has 0 bridgehead atoms. The molecule has 1 aromatic carbocycles. The molecule has 3 amide bonds. The predicted octanol–water partition coefficient (Wildman–Crippen LogP) is 2.19. The summed E-state index contributed by atoms with van der Waals surface area (Å²) in [4.78, 5) is 41.2. The van der Waals surface area contributed by atoms with Gasteiger partial charge in [0.1, 0.15) is 5.75 Å². The number of benzene rings is 1. The number of carbonyl (C=O) groups excluding carboxylic acids is 2. The molecule has 1 fully saturated rings. The van der Waals surface area contributed by atoms with Crippen LogP contribution in [-0.2, 0) is 24.2 Å². The van der Waals surface area contributed by atoms with Crippen LogP contribution in [0.15, 0.2) is 35.1 Å². The summed E-state index contributed by atoms with van der Waals surface area (Å²) in [7, 11) is 0. The van der Waals surface area contributed by atoms with Crippen LogP contribution in [0.1, 0.15) is 36.1 Å². The first-order valence-electron chi connectivity index (χ1n) is 10.4. The van der Waals surface area contributed by atoms with Gasteiger partial charge in [-0.15, -0.1) is 0 Å². The number of aryl methyl sites for hydroxylation is 2. The van der Waals surface area contributed by atoms with Crippen LogP contribution in [0.25, 0.3) is 0 Å². The minimum absolute atomic E-state index is 0.0171. The molecular formula is C22H26N4O4. The van der Waals surface area contributed by atoms with Crippen LogP contribution in [0, 0.1) is 0 Å². The van der Waals surface area contributed by atoms with Gasteiger partial charge in [0.2, 0.25) is 0 Å². The zero-order chi connectivity index (χ0) is 20.9. The van der Waals surface area contributed by atoms with Gasteiger partial charge in [-0.2, -0.15) is 0 Å². The average Bonchev–Trinajstić information content (AvgIpc) is 3.42. The summed E-state index contributed by atoms with van der Waals surface area (Å²) < 4.78 is 5.58. The number of urea groups is 1. The van der Waals surface area contributed by atoms with Gasteiger partial charge in [-0.25, -0.2) is 4.79 Å². The van der Waals surface area contributed by atoms with Crippen molar-refractivity contribution in [2.24, 2.45) is 0 Å². The summed E-state index contributed by atoms with van der Waals surface area (Å²) in [6, 6.07) is 8.35. The average molecular weight is 410 g/mol.